The van der Waals surface area contributed by atoms with Crippen molar-refractivity contribution in [2.45, 2.75) is 11.8 Å². The van der Waals surface area contributed by atoms with E-state index in [1.165, 1.54) is 18.3 Å². The summed E-state index contributed by atoms with van der Waals surface area (Å²) in [7, 11) is -3.75. The summed E-state index contributed by atoms with van der Waals surface area (Å²) >= 11 is 3.32. The van der Waals surface area contributed by atoms with Crippen LogP contribution in [0.5, 0.6) is 0 Å². The van der Waals surface area contributed by atoms with E-state index in [2.05, 4.69) is 25.6 Å². The molecule has 0 saturated carbocycles. The molecule has 2 aromatic rings. The van der Waals surface area contributed by atoms with Crippen LogP contribution in [0.3, 0.4) is 0 Å². The van der Waals surface area contributed by atoms with Crippen LogP contribution in [0.15, 0.2) is 45.9 Å². The van der Waals surface area contributed by atoms with Gasteiger partial charge < -0.3 is 5.73 Å². The molecule has 0 saturated heterocycles. The number of nitrogens with two attached hydrogens (primary N) is 1. The molecule has 5 nitrogen and oxygen atoms in total. The minimum absolute atomic E-state index is 0.0294. The fraction of sp³-hybridized carbons (Fsp3) is 0.0833. The van der Waals surface area contributed by atoms with Gasteiger partial charge in [-0.3, -0.25) is 4.72 Å². The van der Waals surface area contributed by atoms with Crippen LogP contribution < -0.4 is 10.5 Å². The molecule has 0 aliphatic rings. The highest BCUT2D eigenvalue weighted by atomic mass is 79.9. The van der Waals surface area contributed by atoms with Crippen LogP contribution in [0.2, 0.25) is 0 Å². The number of aromatic nitrogens is 1. The number of anilines is 2. The number of nitrogens with one attached hydrogen (secondary N) is 1. The second-order valence-electron chi connectivity index (χ2n) is 3.98. The molecule has 0 aliphatic carbocycles. The summed E-state index contributed by atoms with van der Waals surface area (Å²) in [5, 5.41) is 0. The molecule has 0 unspecified atom stereocenters. The van der Waals surface area contributed by atoms with Crippen molar-refractivity contribution in [3.63, 3.8) is 0 Å². The van der Waals surface area contributed by atoms with E-state index in [0.717, 1.165) is 5.56 Å². The first-order valence-electron chi connectivity index (χ1n) is 5.39. The maximum absolute atomic E-state index is 12.2. The van der Waals surface area contributed by atoms with Gasteiger partial charge in [0.05, 0.1) is 5.69 Å². The van der Waals surface area contributed by atoms with Gasteiger partial charge in [0.2, 0.25) is 0 Å². The van der Waals surface area contributed by atoms with Gasteiger partial charge in [-0.2, -0.15) is 0 Å². The highest BCUT2D eigenvalue weighted by Crippen LogP contribution is 2.26. The first-order chi connectivity index (χ1) is 8.90. The van der Waals surface area contributed by atoms with Crippen molar-refractivity contribution in [3.8, 4) is 0 Å². The normalized spacial score (nSPS) is 11.3. The molecule has 3 N–H and O–H groups in total. The fourth-order valence-corrected chi connectivity index (χ4v) is 3.42. The van der Waals surface area contributed by atoms with Gasteiger partial charge in [0.15, 0.2) is 0 Å². The van der Waals surface area contributed by atoms with E-state index in [0.29, 0.717) is 10.2 Å². The van der Waals surface area contributed by atoms with Crippen molar-refractivity contribution in [3.05, 3.63) is 46.6 Å². The summed E-state index contributed by atoms with van der Waals surface area (Å²) in [6, 6.07) is 8.26. The molecule has 1 heterocycles. The first kappa shape index (κ1) is 13.8. The Bertz CT molecular complexity index is 717. The Morgan fingerprint density at radius 2 is 2.05 bits per heavy atom. The number of hydrogen-bond acceptors (Lipinski definition) is 4. The van der Waals surface area contributed by atoms with Crippen molar-refractivity contribution in [1.82, 2.24) is 4.98 Å². The van der Waals surface area contributed by atoms with Crippen LogP contribution in [-0.4, -0.2) is 13.4 Å². The zero-order valence-corrected chi connectivity index (χ0v) is 12.5. The smallest absolute Gasteiger partial charge is 0.265 e. The third-order valence-electron chi connectivity index (χ3n) is 2.46. The van der Waals surface area contributed by atoms with Gasteiger partial charge in [-0.25, -0.2) is 13.4 Å². The Balaban J connectivity index is 2.40. The predicted octanol–water partition coefficient (Wildman–Crippen LogP) is 2.54. The van der Waals surface area contributed by atoms with Gasteiger partial charge in [-0.05, 0) is 52.7 Å². The van der Waals surface area contributed by atoms with Crippen LogP contribution in [0.1, 0.15) is 5.56 Å². The van der Waals surface area contributed by atoms with Crippen molar-refractivity contribution >= 4 is 37.5 Å². The highest BCUT2D eigenvalue weighted by molar-refractivity contribution is 9.10. The molecule has 19 heavy (non-hydrogen) atoms. The highest BCUT2D eigenvalue weighted by Gasteiger charge is 2.18. The number of benzene rings is 1. The molecule has 1 aromatic carbocycles. The van der Waals surface area contributed by atoms with Crippen LogP contribution in [0, 0.1) is 6.92 Å². The molecule has 0 bridgehead atoms. The monoisotopic (exact) mass is 341 g/mol. The summed E-state index contributed by atoms with van der Waals surface area (Å²) in [5.41, 5.74) is 7.06. The molecule has 2 rings (SSSR count). The summed E-state index contributed by atoms with van der Waals surface area (Å²) < 4.78 is 27.6. The third kappa shape index (κ3) is 3.05. The van der Waals surface area contributed by atoms with Crippen LogP contribution in [0.4, 0.5) is 11.5 Å². The zero-order valence-electron chi connectivity index (χ0n) is 10.1. The number of hydrogen-bond donors (Lipinski definition) is 2. The Morgan fingerprint density at radius 1 is 1.32 bits per heavy atom. The molecular formula is C12H12BrN3O2S. The van der Waals surface area contributed by atoms with Crippen molar-refractivity contribution < 1.29 is 8.42 Å². The van der Waals surface area contributed by atoms with Crippen LogP contribution >= 0.6 is 15.9 Å². The van der Waals surface area contributed by atoms with E-state index in [9.17, 15) is 8.42 Å². The zero-order chi connectivity index (χ0) is 14.0. The molecule has 0 fully saturated rings. The predicted molar refractivity (Wildman–Crippen MR) is 78.3 cm³/mol. The van der Waals surface area contributed by atoms with E-state index in [4.69, 9.17) is 5.73 Å². The molecule has 0 spiro atoms. The van der Waals surface area contributed by atoms with E-state index in [1.54, 1.807) is 6.07 Å². The minimum Gasteiger partial charge on any atom is -0.383 e. The second-order valence-corrected chi connectivity index (χ2v) is 6.48. The van der Waals surface area contributed by atoms with Gasteiger partial charge in [0.1, 0.15) is 10.7 Å². The number of pyridine rings is 1. The molecule has 0 radical (unpaired) electrons. The molecule has 0 aliphatic heterocycles. The van der Waals surface area contributed by atoms with Gasteiger partial charge >= 0.3 is 0 Å². The lowest BCUT2D eigenvalue weighted by Gasteiger charge is -2.11. The summed E-state index contributed by atoms with van der Waals surface area (Å²) in [5.74, 6) is -0.0294. The molecule has 0 atom stereocenters. The van der Waals surface area contributed by atoms with Crippen molar-refractivity contribution in [2.24, 2.45) is 0 Å². The fourth-order valence-electron chi connectivity index (χ4n) is 1.53. The lowest BCUT2D eigenvalue weighted by Crippen LogP contribution is -2.15. The van der Waals surface area contributed by atoms with Gasteiger partial charge in [0.25, 0.3) is 10.0 Å². The molecule has 100 valence electrons. The quantitative estimate of drug-likeness (QED) is 0.898. The lowest BCUT2D eigenvalue weighted by atomic mass is 10.2. The van der Waals surface area contributed by atoms with E-state index >= 15 is 0 Å². The number of nitrogens with zero attached hydrogens (tertiary/aromatic N) is 1. The minimum atomic E-state index is -3.75. The third-order valence-corrected chi connectivity index (χ3v) is 4.53. The van der Waals surface area contributed by atoms with Crippen LogP contribution in [0.25, 0.3) is 0 Å². The van der Waals surface area contributed by atoms with Gasteiger partial charge in [0, 0.05) is 10.7 Å². The second kappa shape index (κ2) is 5.18. The Hall–Kier alpha value is -1.60. The SMILES string of the molecule is Cc1ccc(NS(=O)(=O)c2cccnc2N)c(Br)c1. The lowest BCUT2D eigenvalue weighted by molar-refractivity contribution is 0.601. The Labute approximate surface area is 120 Å². The largest absolute Gasteiger partial charge is 0.383 e. The summed E-state index contributed by atoms with van der Waals surface area (Å²) in [6.45, 7) is 1.92. The number of aryl methyl sites for hydroxylation is 1. The van der Waals surface area contributed by atoms with E-state index in [-0.39, 0.29) is 10.7 Å². The summed E-state index contributed by atoms with van der Waals surface area (Å²) in [6.07, 6.45) is 1.44. The van der Waals surface area contributed by atoms with Gasteiger partial charge in [-0.15, -0.1) is 0 Å². The number of nitrogen functional groups attached to an aromatic ring is 1. The van der Waals surface area contributed by atoms with Crippen LogP contribution in [-0.2, 0) is 10.0 Å². The summed E-state index contributed by atoms with van der Waals surface area (Å²) in [4.78, 5) is 3.73. The van der Waals surface area contributed by atoms with Gasteiger partial charge in [-0.1, -0.05) is 6.07 Å². The number of sulfonamides is 1. The average molecular weight is 342 g/mol. The number of rotatable bonds is 3. The average Bonchev–Trinajstić information content (AvgIpc) is 2.33. The van der Waals surface area contributed by atoms with E-state index < -0.39 is 10.0 Å². The Morgan fingerprint density at radius 3 is 2.68 bits per heavy atom. The maximum Gasteiger partial charge on any atom is 0.265 e. The number of halogens is 1. The molecular weight excluding hydrogens is 330 g/mol. The molecule has 0 amide bonds. The van der Waals surface area contributed by atoms with Crippen molar-refractivity contribution in [1.29, 1.82) is 0 Å². The Kier molecular flexibility index (Phi) is 3.77. The maximum atomic E-state index is 12.2. The molecule has 1 aromatic heterocycles. The van der Waals surface area contributed by atoms with E-state index in [1.807, 2.05) is 19.1 Å². The standard InChI is InChI=1S/C12H12BrN3O2S/c1-8-4-5-10(9(13)7-8)16-19(17,18)11-3-2-6-15-12(11)14/h2-7,16H,1H3,(H2,14,15). The topological polar surface area (TPSA) is 85.1 Å². The molecule has 7 heteroatoms. The van der Waals surface area contributed by atoms with Crippen molar-refractivity contribution in [2.75, 3.05) is 10.5 Å². The first-order valence-corrected chi connectivity index (χ1v) is 7.67.